The topological polar surface area (TPSA) is 39.9 Å². The first-order valence-corrected chi connectivity index (χ1v) is 6.76. The predicted octanol–water partition coefficient (Wildman–Crippen LogP) is 2.92. The highest BCUT2D eigenvalue weighted by Gasteiger charge is 2.17. The van der Waals surface area contributed by atoms with Crippen LogP contribution in [0.4, 0.5) is 5.82 Å². The number of nitriles is 1. The summed E-state index contributed by atoms with van der Waals surface area (Å²) >= 11 is 0. The lowest BCUT2D eigenvalue weighted by molar-refractivity contribution is 0.627. The van der Waals surface area contributed by atoms with Crippen molar-refractivity contribution in [2.75, 3.05) is 18.5 Å². The van der Waals surface area contributed by atoms with E-state index in [0.29, 0.717) is 5.92 Å². The highest BCUT2D eigenvalue weighted by molar-refractivity contribution is 5.56. The molecule has 0 atom stereocenters. The van der Waals surface area contributed by atoms with Crippen molar-refractivity contribution >= 4 is 5.82 Å². The van der Waals surface area contributed by atoms with E-state index < -0.39 is 0 Å². The third-order valence-electron chi connectivity index (χ3n) is 3.40. The van der Waals surface area contributed by atoms with Gasteiger partial charge in [-0.2, -0.15) is 5.26 Å². The molecular weight excluding hydrogens is 222 g/mol. The molecule has 0 unspecified atom stereocenters. The van der Waals surface area contributed by atoms with Crippen LogP contribution in [0.25, 0.3) is 0 Å². The summed E-state index contributed by atoms with van der Waals surface area (Å²) in [6, 6.07) is 4.34. The van der Waals surface area contributed by atoms with Crippen LogP contribution in [0.15, 0.2) is 6.07 Å². The third-order valence-corrected chi connectivity index (χ3v) is 3.40. The zero-order valence-corrected chi connectivity index (χ0v) is 11.5. The summed E-state index contributed by atoms with van der Waals surface area (Å²) < 4.78 is 0. The van der Waals surface area contributed by atoms with Gasteiger partial charge in [-0.1, -0.05) is 13.8 Å². The lowest BCUT2D eigenvalue weighted by Crippen LogP contribution is -2.25. The van der Waals surface area contributed by atoms with Gasteiger partial charge in [0.25, 0.3) is 0 Å². The molecule has 1 aliphatic carbocycles. The molecule has 0 radical (unpaired) electrons. The summed E-state index contributed by atoms with van der Waals surface area (Å²) in [5.41, 5.74) is 3.20. The lowest BCUT2D eigenvalue weighted by atomic mass is 9.95. The van der Waals surface area contributed by atoms with Crippen LogP contribution in [0.2, 0.25) is 0 Å². The molecule has 1 aromatic rings. The lowest BCUT2D eigenvalue weighted by Gasteiger charge is -2.24. The summed E-state index contributed by atoms with van der Waals surface area (Å²) in [5, 5.41) is 9.29. The Labute approximate surface area is 109 Å². The van der Waals surface area contributed by atoms with E-state index in [0.717, 1.165) is 30.8 Å². The number of aromatic nitrogens is 1. The number of hydrogen-bond donors (Lipinski definition) is 0. The number of pyridine rings is 1. The van der Waals surface area contributed by atoms with Crippen LogP contribution in [0, 0.1) is 17.2 Å². The van der Waals surface area contributed by atoms with Crippen molar-refractivity contribution in [2.24, 2.45) is 5.92 Å². The summed E-state index contributed by atoms with van der Waals surface area (Å²) in [6.45, 7) is 5.29. The molecule has 1 aromatic heterocycles. The Hall–Kier alpha value is -1.56. The van der Waals surface area contributed by atoms with Gasteiger partial charge in [0.1, 0.15) is 11.9 Å². The van der Waals surface area contributed by atoms with Crippen LogP contribution >= 0.6 is 0 Å². The minimum absolute atomic E-state index is 0.569. The Morgan fingerprint density at radius 1 is 1.39 bits per heavy atom. The number of fused-ring (bicyclic) bond motifs is 1. The molecule has 2 rings (SSSR count). The largest absolute Gasteiger partial charge is 0.358 e. The van der Waals surface area contributed by atoms with Crippen LogP contribution in [0.3, 0.4) is 0 Å². The van der Waals surface area contributed by atoms with Crippen LogP contribution in [0.5, 0.6) is 0 Å². The molecule has 0 bridgehead atoms. The van der Waals surface area contributed by atoms with Gasteiger partial charge >= 0.3 is 0 Å². The third kappa shape index (κ3) is 2.64. The Balaban J connectivity index is 2.37. The van der Waals surface area contributed by atoms with Crippen LogP contribution in [-0.2, 0) is 12.8 Å². The van der Waals surface area contributed by atoms with Gasteiger partial charge in [-0.3, -0.25) is 0 Å². The van der Waals surface area contributed by atoms with E-state index in [1.54, 1.807) is 0 Å². The van der Waals surface area contributed by atoms with E-state index in [-0.39, 0.29) is 0 Å². The molecule has 18 heavy (non-hydrogen) atoms. The second-order valence-corrected chi connectivity index (χ2v) is 5.56. The first-order chi connectivity index (χ1) is 8.61. The van der Waals surface area contributed by atoms with Crippen LogP contribution in [0.1, 0.15) is 43.5 Å². The highest BCUT2D eigenvalue weighted by atomic mass is 15.2. The first-order valence-electron chi connectivity index (χ1n) is 6.76. The Kier molecular flexibility index (Phi) is 3.86. The summed E-state index contributed by atoms with van der Waals surface area (Å²) in [7, 11) is 2.03. The Bertz CT molecular complexity index is 471. The van der Waals surface area contributed by atoms with Crippen LogP contribution < -0.4 is 4.90 Å². The van der Waals surface area contributed by atoms with Gasteiger partial charge in [-0.05, 0) is 43.2 Å². The van der Waals surface area contributed by atoms with Crippen molar-refractivity contribution in [2.45, 2.75) is 39.5 Å². The van der Waals surface area contributed by atoms with Gasteiger partial charge in [0.05, 0.1) is 5.56 Å². The molecule has 0 amide bonds. The molecule has 0 aromatic carbocycles. The minimum Gasteiger partial charge on any atom is -0.358 e. The van der Waals surface area contributed by atoms with E-state index in [9.17, 15) is 5.26 Å². The minimum atomic E-state index is 0.569. The molecule has 0 aliphatic heterocycles. The maximum atomic E-state index is 9.29. The molecule has 96 valence electrons. The first kappa shape index (κ1) is 12.9. The molecule has 0 saturated carbocycles. The maximum absolute atomic E-state index is 9.29. The summed E-state index contributed by atoms with van der Waals surface area (Å²) in [6.07, 6.45) is 4.58. The van der Waals surface area contributed by atoms with Gasteiger partial charge in [0.2, 0.25) is 0 Å². The van der Waals surface area contributed by atoms with Gasteiger partial charge in [-0.25, -0.2) is 4.98 Å². The number of nitrogens with zero attached hydrogens (tertiary/aromatic N) is 3. The van der Waals surface area contributed by atoms with Gasteiger partial charge in [0, 0.05) is 19.3 Å². The average molecular weight is 243 g/mol. The van der Waals surface area contributed by atoms with Crippen LogP contribution in [-0.4, -0.2) is 18.6 Å². The fraction of sp³-hybridized carbons (Fsp3) is 0.600. The Morgan fingerprint density at radius 2 is 2.11 bits per heavy atom. The molecule has 0 spiro atoms. The van der Waals surface area contributed by atoms with E-state index in [4.69, 9.17) is 4.98 Å². The Morgan fingerprint density at radius 3 is 2.78 bits per heavy atom. The smallest absolute Gasteiger partial charge is 0.146 e. The standard InChI is InChI=1S/C15H21N3/c1-11(2)10-18(3)15-13(9-16)8-12-6-4-5-7-14(12)17-15/h8,11H,4-7,10H2,1-3H3. The monoisotopic (exact) mass is 243 g/mol. The normalized spacial score (nSPS) is 14.2. The van der Waals surface area contributed by atoms with Gasteiger partial charge in [-0.15, -0.1) is 0 Å². The van der Waals surface area contributed by atoms with Crippen molar-refractivity contribution in [3.63, 3.8) is 0 Å². The van der Waals surface area contributed by atoms with E-state index in [1.165, 1.54) is 24.1 Å². The summed E-state index contributed by atoms with van der Waals surface area (Å²) in [4.78, 5) is 6.85. The molecule has 1 heterocycles. The number of hydrogen-bond acceptors (Lipinski definition) is 3. The zero-order chi connectivity index (χ0) is 13.1. The fourth-order valence-electron chi connectivity index (χ4n) is 2.63. The fourth-order valence-corrected chi connectivity index (χ4v) is 2.63. The summed E-state index contributed by atoms with van der Waals surface area (Å²) in [5.74, 6) is 1.42. The van der Waals surface area contributed by atoms with E-state index in [2.05, 4.69) is 24.8 Å². The number of anilines is 1. The number of aryl methyl sites for hydroxylation is 2. The average Bonchev–Trinajstić information content (AvgIpc) is 2.36. The van der Waals surface area contributed by atoms with Gasteiger partial charge < -0.3 is 4.90 Å². The zero-order valence-electron chi connectivity index (χ0n) is 11.5. The van der Waals surface area contributed by atoms with E-state index in [1.807, 2.05) is 13.1 Å². The molecule has 0 saturated heterocycles. The molecule has 1 aliphatic rings. The SMILES string of the molecule is CC(C)CN(C)c1nc2c(cc1C#N)CCCC2. The number of rotatable bonds is 3. The predicted molar refractivity (Wildman–Crippen MR) is 73.7 cm³/mol. The van der Waals surface area contributed by atoms with Crippen molar-refractivity contribution in [1.82, 2.24) is 4.98 Å². The van der Waals surface area contributed by atoms with Gasteiger partial charge in [0.15, 0.2) is 0 Å². The van der Waals surface area contributed by atoms with Crippen molar-refractivity contribution < 1.29 is 0 Å². The van der Waals surface area contributed by atoms with Crippen molar-refractivity contribution in [1.29, 1.82) is 5.26 Å². The maximum Gasteiger partial charge on any atom is 0.146 e. The molecular formula is C15H21N3. The second-order valence-electron chi connectivity index (χ2n) is 5.56. The van der Waals surface area contributed by atoms with Crippen molar-refractivity contribution in [3.05, 3.63) is 22.9 Å². The van der Waals surface area contributed by atoms with Crippen molar-refractivity contribution in [3.8, 4) is 6.07 Å². The van der Waals surface area contributed by atoms with E-state index >= 15 is 0 Å². The molecule has 3 nitrogen and oxygen atoms in total. The second kappa shape index (κ2) is 5.39. The molecule has 3 heteroatoms. The quantitative estimate of drug-likeness (QED) is 0.819. The highest BCUT2D eigenvalue weighted by Crippen LogP contribution is 2.26. The molecule has 0 N–H and O–H groups in total. The molecule has 0 fully saturated rings.